The molecular weight excluding hydrogens is 316 g/mol. The van der Waals surface area contributed by atoms with Gasteiger partial charge in [-0.15, -0.1) is 0 Å². The molecule has 0 fully saturated rings. The van der Waals surface area contributed by atoms with Crippen LogP contribution in [0.15, 0.2) is 18.2 Å². The van der Waals surface area contributed by atoms with Crippen molar-refractivity contribution in [1.29, 1.82) is 0 Å². The Bertz CT molecular complexity index is 629. The van der Waals surface area contributed by atoms with Crippen molar-refractivity contribution in [3.05, 3.63) is 35.1 Å². The van der Waals surface area contributed by atoms with Crippen molar-refractivity contribution in [2.45, 2.75) is 6.18 Å². The summed E-state index contributed by atoms with van der Waals surface area (Å²) in [6, 6.07) is 2.17. The fourth-order valence-electron chi connectivity index (χ4n) is 1.49. The lowest BCUT2D eigenvalue weighted by Gasteiger charge is -2.13. The summed E-state index contributed by atoms with van der Waals surface area (Å²) in [7, 11) is -3.48. The number of carbonyl (C=O) groups excluding carboxylic acids is 1. The Morgan fingerprint density at radius 3 is 2.38 bits per heavy atom. The monoisotopic (exact) mass is 328 g/mol. The highest BCUT2D eigenvalue weighted by Gasteiger charge is 2.36. The van der Waals surface area contributed by atoms with Crippen LogP contribution in [0.1, 0.15) is 15.9 Å². The summed E-state index contributed by atoms with van der Waals surface area (Å²) >= 11 is 0. The molecule has 1 rings (SSSR count). The van der Waals surface area contributed by atoms with E-state index in [0.29, 0.717) is 6.07 Å². The van der Waals surface area contributed by atoms with Crippen LogP contribution in [0.3, 0.4) is 0 Å². The van der Waals surface area contributed by atoms with Gasteiger partial charge in [-0.25, -0.2) is 17.5 Å². The van der Waals surface area contributed by atoms with E-state index in [1.165, 1.54) is 0 Å². The molecule has 0 aliphatic rings. The maximum atomic E-state index is 13.5. The first-order valence-corrected chi connectivity index (χ1v) is 7.50. The highest BCUT2D eigenvalue weighted by Crippen LogP contribution is 2.32. The molecule has 1 aromatic carbocycles. The molecule has 0 heterocycles. The van der Waals surface area contributed by atoms with E-state index in [0.717, 1.165) is 18.4 Å². The molecule has 0 unspecified atom stereocenters. The fraction of sp³-hybridized carbons (Fsp3) is 0.364. The molecule has 0 spiro atoms. The van der Waals surface area contributed by atoms with Crippen LogP contribution in [0, 0.1) is 5.82 Å². The molecule has 0 aromatic heterocycles. The van der Waals surface area contributed by atoms with Crippen LogP contribution in [0.4, 0.5) is 17.6 Å². The van der Waals surface area contributed by atoms with Crippen LogP contribution in [0.5, 0.6) is 0 Å². The number of sulfonamides is 1. The van der Waals surface area contributed by atoms with E-state index in [-0.39, 0.29) is 13.1 Å². The summed E-state index contributed by atoms with van der Waals surface area (Å²) in [6.45, 7) is -0.502. The van der Waals surface area contributed by atoms with E-state index in [4.69, 9.17) is 0 Å². The zero-order valence-electron chi connectivity index (χ0n) is 10.8. The Labute approximate surface area is 118 Å². The van der Waals surface area contributed by atoms with Crippen molar-refractivity contribution >= 4 is 15.9 Å². The van der Waals surface area contributed by atoms with Gasteiger partial charge in [-0.05, 0) is 12.1 Å². The average Bonchev–Trinajstić information content (AvgIpc) is 2.31. The summed E-state index contributed by atoms with van der Waals surface area (Å²) in [4.78, 5) is 11.6. The van der Waals surface area contributed by atoms with E-state index in [1.54, 1.807) is 0 Å². The summed E-state index contributed by atoms with van der Waals surface area (Å²) in [5.41, 5.74) is -2.51. The smallest absolute Gasteiger partial charge is 0.351 e. The Hall–Kier alpha value is -1.68. The molecule has 10 heteroatoms. The topological polar surface area (TPSA) is 75.3 Å². The number of hydrogen-bond donors (Lipinski definition) is 2. The fourth-order valence-corrected chi connectivity index (χ4v) is 1.96. The van der Waals surface area contributed by atoms with E-state index in [9.17, 15) is 30.8 Å². The maximum absolute atomic E-state index is 13.5. The number of alkyl halides is 3. The molecule has 0 aliphatic carbocycles. The van der Waals surface area contributed by atoms with Crippen LogP contribution < -0.4 is 10.0 Å². The van der Waals surface area contributed by atoms with Crippen LogP contribution in [0.2, 0.25) is 0 Å². The van der Waals surface area contributed by atoms with Crippen molar-refractivity contribution in [3.8, 4) is 0 Å². The zero-order valence-corrected chi connectivity index (χ0v) is 11.6. The third-order valence-corrected chi connectivity index (χ3v) is 3.05. The minimum absolute atomic E-state index is 0.222. The van der Waals surface area contributed by atoms with Crippen molar-refractivity contribution < 1.29 is 30.8 Å². The quantitative estimate of drug-likeness (QED) is 0.628. The van der Waals surface area contributed by atoms with Gasteiger partial charge < -0.3 is 5.32 Å². The molecule has 0 aliphatic heterocycles. The predicted molar refractivity (Wildman–Crippen MR) is 66.6 cm³/mol. The molecule has 0 saturated heterocycles. The Morgan fingerprint density at radius 2 is 1.86 bits per heavy atom. The first-order chi connectivity index (χ1) is 9.52. The third kappa shape index (κ3) is 5.31. The molecule has 2 N–H and O–H groups in total. The van der Waals surface area contributed by atoms with Crippen molar-refractivity contribution in [3.63, 3.8) is 0 Å². The third-order valence-electron chi connectivity index (χ3n) is 2.32. The number of nitrogens with one attached hydrogen (secondary N) is 2. The summed E-state index contributed by atoms with van der Waals surface area (Å²) in [6.07, 6.45) is -3.99. The molecule has 1 aromatic rings. The van der Waals surface area contributed by atoms with Crippen LogP contribution in [0.25, 0.3) is 0 Å². The molecule has 0 atom stereocenters. The normalized spacial score (nSPS) is 12.2. The Morgan fingerprint density at radius 1 is 1.24 bits per heavy atom. The van der Waals surface area contributed by atoms with Crippen LogP contribution in [-0.4, -0.2) is 33.7 Å². The lowest BCUT2D eigenvalue weighted by Crippen LogP contribution is -2.35. The highest BCUT2D eigenvalue weighted by molar-refractivity contribution is 7.88. The van der Waals surface area contributed by atoms with Gasteiger partial charge >= 0.3 is 6.18 Å². The van der Waals surface area contributed by atoms with E-state index in [2.05, 4.69) is 0 Å². The van der Waals surface area contributed by atoms with Gasteiger partial charge in [0, 0.05) is 13.1 Å². The number of halogens is 4. The van der Waals surface area contributed by atoms with Gasteiger partial charge in [0.25, 0.3) is 5.91 Å². The number of benzene rings is 1. The summed E-state index contributed by atoms with van der Waals surface area (Å²) < 4.78 is 75.1. The van der Waals surface area contributed by atoms with Crippen molar-refractivity contribution in [2.75, 3.05) is 19.3 Å². The van der Waals surface area contributed by atoms with Gasteiger partial charge in [-0.1, -0.05) is 6.07 Å². The maximum Gasteiger partial charge on any atom is 0.417 e. The minimum Gasteiger partial charge on any atom is -0.351 e. The molecule has 0 saturated carbocycles. The molecule has 118 valence electrons. The molecule has 21 heavy (non-hydrogen) atoms. The standard InChI is InChI=1S/C11H12F4N2O3S/c1-21(19,20)17-6-5-16-10(18)9-7(11(13,14)15)3-2-4-8(9)12/h2-4,17H,5-6H2,1H3,(H,16,18). The number of hydrogen-bond acceptors (Lipinski definition) is 3. The first-order valence-electron chi connectivity index (χ1n) is 5.61. The minimum atomic E-state index is -4.88. The SMILES string of the molecule is CS(=O)(=O)NCCNC(=O)c1c(F)cccc1C(F)(F)F. The van der Waals surface area contributed by atoms with E-state index in [1.807, 2.05) is 10.0 Å². The summed E-state index contributed by atoms with van der Waals surface area (Å²) in [5, 5.41) is 2.02. The summed E-state index contributed by atoms with van der Waals surface area (Å²) in [5.74, 6) is -2.57. The number of carbonyl (C=O) groups is 1. The van der Waals surface area contributed by atoms with Crippen molar-refractivity contribution in [2.24, 2.45) is 0 Å². The second-order valence-electron chi connectivity index (χ2n) is 4.08. The van der Waals surface area contributed by atoms with E-state index >= 15 is 0 Å². The van der Waals surface area contributed by atoms with Gasteiger partial charge in [0.05, 0.1) is 17.4 Å². The van der Waals surface area contributed by atoms with Gasteiger partial charge in [-0.2, -0.15) is 13.2 Å². The van der Waals surface area contributed by atoms with Gasteiger partial charge in [-0.3, -0.25) is 4.79 Å². The molecule has 5 nitrogen and oxygen atoms in total. The molecule has 0 radical (unpaired) electrons. The number of rotatable bonds is 5. The van der Waals surface area contributed by atoms with Crippen LogP contribution in [-0.2, 0) is 16.2 Å². The molecular formula is C11H12F4N2O3S. The highest BCUT2D eigenvalue weighted by atomic mass is 32.2. The Kier molecular flexibility index (Phi) is 5.29. The van der Waals surface area contributed by atoms with Gasteiger partial charge in [0.15, 0.2) is 0 Å². The first kappa shape index (κ1) is 17.4. The predicted octanol–water partition coefficient (Wildman–Crippen LogP) is 1.12. The molecule has 1 amide bonds. The largest absolute Gasteiger partial charge is 0.417 e. The Balaban J connectivity index is 2.84. The van der Waals surface area contributed by atoms with Crippen molar-refractivity contribution in [1.82, 2.24) is 10.0 Å². The molecule has 0 bridgehead atoms. The average molecular weight is 328 g/mol. The lowest BCUT2D eigenvalue weighted by atomic mass is 10.1. The lowest BCUT2D eigenvalue weighted by molar-refractivity contribution is -0.138. The second kappa shape index (κ2) is 6.39. The van der Waals surface area contributed by atoms with Crippen LogP contribution >= 0.6 is 0 Å². The van der Waals surface area contributed by atoms with Gasteiger partial charge in [0.2, 0.25) is 10.0 Å². The number of amides is 1. The van der Waals surface area contributed by atoms with E-state index < -0.39 is 39.1 Å². The second-order valence-corrected chi connectivity index (χ2v) is 5.92. The van der Waals surface area contributed by atoms with Gasteiger partial charge in [0.1, 0.15) is 5.82 Å². The zero-order chi connectivity index (χ0) is 16.3.